The zero-order valence-electron chi connectivity index (χ0n) is 11.7. The summed E-state index contributed by atoms with van der Waals surface area (Å²) in [5.41, 5.74) is 2.82. The van der Waals surface area contributed by atoms with Gasteiger partial charge in [-0.3, -0.25) is 4.98 Å². The van der Waals surface area contributed by atoms with Gasteiger partial charge in [0.2, 0.25) is 0 Å². The average Bonchev–Trinajstić information content (AvgIpc) is 3.17. The molecule has 0 N–H and O–H groups in total. The number of fused-ring (bicyclic) bond motifs is 1. The summed E-state index contributed by atoms with van der Waals surface area (Å²) in [4.78, 5) is 9.10. The van der Waals surface area contributed by atoms with Crippen molar-refractivity contribution in [3.05, 3.63) is 41.9 Å². The molecule has 106 valence electrons. The second-order valence-corrected chi connectivity index (χ2v) is 5.35. The van der Waals surface area contributed by atoms with Crippen LogP contribution in [-0.2, 0) is 4.74 Å². The van der Waals surface area contributed by atoms with Crippen LogP contribution in [0.3, 0.4) is 0 Å². The smallest absolute Gasteiger partial charge is 0.258 e. The van der Waals surface area contributed by atoms with Crippen LogP contribution in [0.15, 0.2) is 34.9 Å². The van der Waals surface area contributed by atoms with E-state index in [1.54, 1.807) is 0 Å². The molecule has 5 nitrogen and oxygen atoms in total. The van der Waals surface area contributed by atoms with Gasteiger partial charge in [-0.25, -0.2) is 0 Å². The van der Waals surface area contributed by atoms with Crippen molar-refractivity contribution in [3.63, 3.8) is 0 Å². The number of para-hydroxylation sites is 1. The van der Waals surface area contributed by atoms with Crippen LogP contribution in [0.25, 0.3) is 22.4 Å². The first-order valence-corrected chi connectivity index (χ1v) is 7.09. The fraction of sp³-hybridized carbons (Fsp3) is 0.312. The fourth-order valence-corrected chi connectivity index (χ4v) is 2.73. The minimum atomic E-state index is 0.247. The van der Waals surface area contributed by atoms with Crippen molar-refractivity contribution in [3.8, 4) is 11.5 Å². The third kappa shape index (κ3) is 2.19. The SMILES string of the molecule is Cc1cc(-c2nc([C@H]3CCOC3)no2)c2ccccc2n1. The predicted octanol–water partition coefficient (Wildman–Crippen LogP) is 3.10. The maximum atomic E-state index is 5.48. The average molecular weight is 281 g/mol. The van der Waals surface area contributed by atoms with E-state index in [4.69, 9.17) is 9.26 Å². The monoisotopic (exact) mass is 281 g/mol. The van der Waals surface area contributed by atoms with E-state index < -0.39 is 0 Å². The Kier molecular flexibility index (Phi) is 2.93. The molecule has 0 bridgehead atoms. The van der Waals surface area contributed by atoms with Crippen LogP contribution in [0.4, 0.5) is 0 Å². The van der Waals surface area contributed by atoms with Gasteiger partial charge in [0.1, 0.15) is 0 Å². The van der Waals surface area contributed by atoms with Crippen LogP contribution >= 0.6 is 0 Å². The van der Waals surface area contributed by atoms with Gasteiger partial charge in [0.05, 0.1) is 17.7 Å². The number of pyridine rings is 1. The molecule has 2 aromatic heterocycles. The van der Waals surface area contributed by atoms with E-state index in [-0.39, 0.29) is 5.92 Å². The zero-order valence-corrected chi connectivity index (χ0v) is 11.7. The van der Waals surface area contributed by atoms with Crippen LogP contribution < -0.4 is 0 Å². The number of rotatable bonds is 2. The summed E-state index contributed by atoms with van der Waals surface area (Å²) in [7, 11) is 0. The van der Waals surface area contributed by atoms with Crippen LogP contribution in [0, 0.1) is 6.92 Å². The highest BCUT2D eigenvalue weighted by Crippen LogP contribution is 2.30. The minimum Gasteiger partial charge on any atom is -0.381 e. The summed E-state index contributed by atoms with van der Waals surface area (Å²) < 4.78 is 10.9. The first-order valence-electron chi connectivity index (χ1n) is 7.09. The molecule has 0 saturated carbocycles. The van der Waals surface area contributed by atoms with Crippen LogP contribution in [0.5, 0.6) is 0 Å². The van der Waals surface area contributed by atoms with Gasteiger partial charge in [0.25, 0.3) is 5.89 Å². The van der Waals surface area contributed by atoms with Crippen molar-refractivity contribution in [2.24, 2.45) is 0 Å². The number of aryl methyl sites for hydroxylation is 1. The number of hydrogen-bond donors (Lipinski definition) is 0. The van der Waals surface area contributed by atoms with E-state index in [1.165, 1.54) is 0 Å². The molecule has 0 spiro atoms. The summed E-state index contributed by atoms with van der Waals surface area (Å²) in [6.45, 7) is 3.42. The van der Waals surface area contributed by atoms with Crippen molar-refractivity contribution in [1.82, 2.24) is 15.1 Å². The molecule has 21 heavy (non-hydrogen) atoms. The second kappa shape index (κ2) is 4.93. The molecule has 1 aliphatic rings. The summed E-state index contributed by atoms with van der Waals surface area (Å²) >= 11 is 0. The van der Waals surface area contributed by atoms with Gasteiger partial charge in [-0.15, -0.1) is 0 Å². The van der Waals surface area contributed by atoms with E-state index in [0.717, 1.165) is 41.0 Å². The topological polar surface area (TPSA) is 61.0 Å². The molecule has 3 aromatic rings. The van der Waals surface area contributed by atoms with Crippen molar-refractivity contribution in [1.29, 1.82) is 0 Å². The van der Waals surface area contributed by atoms with E-state index in [2.05, 4.69) is 15.1 Å². The molecule has 4 rings (SSSR count). The van der Waals surface area contributed by atoms with Crippen molar-refractivity contribution in [2.45, 2.75) is 19.3 Å². The van der Waals surface area contributed by atoms with Gasteiger partial charge in [0, 0.05) is 23.6 Å². The molecule has 1 aliphatic heterocycles. The van der Waals surface area contributed by atoms with Crippen molar-refractivity contribution < 1.29 is 9.26 Å². The Labute approximate surface area is 122 Å². The summed E-state index contributed by atoms with van der Waals surface area (Å²) in [6.07, 6.45) is 0.953. The maximum absolute atomic E-state index is 5.48. The molecule has 0 amide bonds. The van der Waals surface area contributed by atoms with Crippen LogP contribution in [0.1, 0.15) is 23.9 Å². The zero-order chi connectivity index (χ0) is 14.2. The second-order valence-electron chi connectivity index (χ2n) is 5.35. The third-order valence-corrected chi connectivity index (χ3v) is 3.81. The number of nitrogens with zero attached hydrogens (tertiary/aromatic N) is 3. The van der Waals surface area contributed by atoms with Gasteiger partial charge >= 0.3 is 0 Å². The molecule has 1 saturated heterocycles. The Balaban J connectivity index is 1.82. The molecule has 5 heteroatoms. The maximum Gasteiger partial charge on any atom is 0.258 e. The van der Waals surface area contributed by atoms with Gasteiger partial charge in [-0.1, -0.05) is 23.4 Å². The van der Waals surface area contributed by atoms with Gasteiger partial charge in [-0.2, -0.15) is 4.98 Å². The van der Waals surface area contributed by atoms with Gasteiger partial charge in [0.15, 0.2) is 5.82 Å². The lowest BCUT2D eigenvalue weighted by atomic mass is 10.1. The molecular formula is C16H15N3O2. The Morgan fingerprint density at radius 1 is 1.19 bits per heavy atom. The van der Waals surface area contributed by atoms with E-state index in [0.29, 0.717) is 12.5 Å². The highest BCUT2D eigenvalue weighted by atomic mass is 16.5. The highest BCUT2D eigenvalue weighted by Gasteiger charge is 2.24. The van der Waals surface area contributed by atoms with Crippen LogP contribution in [0.2, 0.25) is 0 Å². The number of ether oxygens (including phenoxy) is 1. The number of hydrogen-bond acceptors (Lipinski definition) is 5. The summed E-state index contributed by atoms with van der Waals surface area (Å²) in [5, 5.41) is 5.15. The molecule has 1 fully saturated rings. The quantitative estimate of drug-likeness (QED) is 0.722. The van der Waals surface area contributed by atoms with E-state index in [9.17, 15) is 0 Å². The van der Waals surface area contributed by atoms with Gasteiger partial charge < -0.3 is 9.26 Å². The molecule has 3 heterocycles. The minimum absolute atomic E-state index is 0.247. The molecule has 0 radical (unpaired) electrons. The Morgan fingerprint density at radius 2 is 2.10 bits per heavy atom. The van der Waals surface area contributed by atoms with Crippen molar-refractivity contribution >= 4 is 10.9 Å². The Bertz CT molecular complexity index is 791. The van der Waals surface area contributed by atoms with E-state index >= 15 is 0 Å². The molecule has 1 aromatic carbocycles. The standard InChI is InChI=1S/C16H15N3O2/c1-10-8-13(12-4-2-3-5-14(12)17-10)16-18-15(19-21-16)11-6-7-20-9-11/h2-5,8,11H,6-7,9H2,1H3/t11-/m0/s1. The Hall–Kier alpha value is -2.27. The van der Waals surface area contributed by atoms with Crippen molar-refractivity contribution in [2.75, 3.05) is 13.2 Å². The predicted molar refractivity (Wildman–Crippen MR) is 77.9 cm³/mol. The summed E-state index contributed by atoms with van der Waals surface area (Å²) in [6, 6.07) is 9.98. The van der Waals surface area contributed by atoms with Crippen LogP contribution in [-0.4, -0.2) is 28.3 Å². The Morgan fingerprint density at radius 3 is 2.95 bits per heavy atom. The fourth-order valence-electron chi connectivity index (χ4n) is 2.73. The lowest BCUT2D eigenvalue weighted by Gasteiger charge is -2.03. The number of aromatic nitrogens is 3. The first-order chi connectivity index (χ1) is 10.3. The number of benzene rings is 1. The normalized spacial score (nSPS) is 18.4. The molecule has 0 unspecified atom stereocenters. The summed E-state index contributed by atoms with van der Waals surface area (Å²) in [5.74, 6) is 1.54. The van der Waals surface area contributed by atoms with E-state index in [1.807, 2.05) is 37.3 Å². The largest absolute Gasteiger partial charge is 0.381 e. The van der Waals surface area contributed by atoms with Gasteiger partial charge in [-0.05, 0) is 25.5 Å². The molecular weight excluding hydrogens is 266 g/mol. The molecule has 1 atom stereocenters. The highest BCUT2D eigenvalue weighted by molar-refractivity contribution is 5.92. The molecule has 0 aliphatic carbocycles. The lowest BCUT2D eigenvalue weighted by Crippen LogP contribution is -1.99. The third-order valence-electron chi connectivity index (χ3n) is 3.81. The first kappa shape index (κ1) is 12.5. The lowest BCUT2D eigenvalue weighted by molar-refractivity contribution is 0.192.